The maximum atomic E-state index is 10.2. The van der Waals surface area contributed by atoms with Gasteiger partial charge in [0.2, 0.25) is 0 Å². The summed E-state index contributed by atoms with van der Waals surface area (Å²) in [6, 6.07) is 0. The van der Waals surface area contributed by atoms with Gasteiger partial charge in [0.1, 0.15) is 0 Å². The molecule has 4 saturated carbocycles. The SMILES string of the molecule is CC.CC12CCC3C4CCC(O)CC4=CCC3C1CCC2CCCC1(O)CC1. The Morgan fingerprint density at radius 2 is 1.79 bits per heavy atom. The second-order valence-corrected chi connectivity index (χ2v) is 10.9. The Balaban J connectivity index is 0.000000932. The second kappa shape index (κ2) is 8.06. The summed E-state index contributed by atoms with van der Waals surface area (Å²) in [6.07, 6.45) is 18.5. The van der Waals surface area contributed by atoms with E-state index < -0.39 is 0 Å². The van der Waals surface area contributed by atoms with Crippen LogP contribution in [0.5, 0.6) is 0 Å². The molecule has 0 radical (unpaired) electrons. The Morgan fingerprint density at radius 3 is 2.54 bits per heavy atom. The van der Waals surface area contributed by atoms with E-state index in [9.17, 15) is 10.2 Å². The number of allylic oxidation sites excluding steroid dienone is 1. The fourth-order valence-corrected chi connectivity index (χ4v) is 7.90. The number of aliphatic hydroxyl groups is 2. The van der Waals surface area contributed by atoms with Gasteiger partial charge in [0.05, 0.1) is 11.7 Å². The first-order valence-corrected chi connectivity index (χ1v) is 12.6. The van der Waals surface area contributed by atoms with Gasteiger partial charge in [0.15, 0.2) is 0 Å². The first-order valence-electron chi connectivity index (χ1n) is 12.6. The van der Waals surface area contributed by atoms with Crippen LogP contribution in [0.1, 0.15) is 104 Å². The summed E-state index contributed by atoms with van der Waals surface area (Å²) < 4.78 is 0. The lowest BCUT2D eigenvalue weighted by Crippen LogP contribution is -2.46. The van der Waals surface area contributed by atoms with E-state index in [1.54, 1.807) is 5.57 Å². The van der Waals surface area contributed by atoms with Crippen LogP contribution in [0.15, 0.2) is 11.6 Å². The van der Waals surface area contributed by atoms with Gasteiger partial charge in [-0.1, -0.05) is 38.8 Å². The molecule has 2 N–H and O–H groups in total. The molecule has 5 aliphatic carbocycles. The van der Waals surface area contributed by atoms with Gasteiger partial charge < -0.3 is 10.2 Å². The van der Waals surface area contributed by atoms with E-state index in [0.717, 1.165) is 61.7 Å². The Kier molecular flexibility index (Phi) is 6.02. The highest BCUT2D eigenvalue weighted by molar-refractivity contribution is 5.20. The molecule has 28 heavy (non-hydrogen) atoms. The van der Waals surface area contributed by atoms with Crippen LogP contribution in [-0.4, -0.2) is 21.9 Å². The van der Waals surface area contributed by atoms with Crippen molar-refractivity contribution >= 4 is 0 Å². The molecule has 0 aromatic carbocycles. The van der Waals surface area contributed by atoms with Crippen LogP contribution >= 0.6 is 0 Å². The van der Waals surface area contributed by atoms with Gasteiger partial charge >= 0.3 is 0 Å². The molecule has 2 heteroatoms. The van der Waals surface area contributed by atoms with Crippen LogP contribution in [-0.2, 0) is 0 Å². The van der Waals surface area contributed by atoms with Crippen molar-refractivity contribution in [2.45, 2.75) is 116 Å². The largest absolute Gasteiger partial charge is 0.393 e. The van der Waals surface area contributed by atoms with Crippen molar-refractivity contribution in [3.8, 4) is 0 Å². The van der Waals surface area contributed by atoms with Crippen molar-refractivity contribution in [2.24, 2.45) is 35.0 Å². The van der Waals surface area contributed by atoms with Crippen LogP contribution in [0.25, 0.3) is 0 Å². The van der Waals surface area contributed by atoms with Crippen molar-refractivity contribution in [3.63, 3.8) is 0 Å². The van der Waals surface area contributed by atoms with Crippen molar-refractivity contribution in [2.75, 3.05) is 0 Å². The molecule has 0 aromatic heterocycles. The van der Waals surface area contributed by atoms with Crippen molar-refractivity contribution in [3.05, 3.63) is 11.6 Å². The molecule has 0 aliphatic heterocycles. The Labute approximate surface area is 173 Å². The summed E-state index contributed by atoms with van der Waals surface area (Å²) in [4.78, 5) is 0. The molecule has 5 aliphatic rings. The molecule has 0 spiro atoms. The van der Waals surface area contributed by atoms with E-state index >= 15 is 0 Å². The van der Waals surface area contributed by atoms with Crippen molar-refractivity contribution < 1.29 is 10.2 Å². The molecule has 160 valence electrons. The van der Waals surface area contributed by atoms with Gasteiger partial charge in [-0.3, -0.25) is 0 Å². The average molecular weight is 389 g/mol. The zero-order valence-electron chi connectivity index (χ0n) is 18.6. The van der Waals surface area contributed by atoms with Crippen LogP contribution in [0.3, 0.4) is 0 Å². The normalized spacial score (nSPS) is 45.7. The zero-order valence-corrected chi connectivity index (χ0v) is 18.6. The van der Waals surface area contributed by atoms with E-state index in [-0.39, 0.29) is 11.7 Å². The van der Waals surface area contributed by atoms with Gasteiger partial charge in [-0.05, 0) is 112 Å². The third-order valence-corrected chi connectivity index (χ3v) is 9.64. The fourth-order valence-electron chi connectivity index (χ4n) is 7.90. The molecule has 2 nitrogen and oxygen atoms in total. The third kappa shape index (κ3) is 3.73. The van der Waals surface area contributed by atoms with Gasteiger partial charge in [-0.2, -0.15) is 0 Å². The fraction of sp³-hybridized carbons (Fsp3) is 0.923. The number of hydrogen-bond donors (Lipinski definition) is 2. The van der Waals surface area contributed by atoms with Gasteiger partial charge in [0, 0.05) is 0 Å². The highest BCUT2D eigenvalue weighted by atomic mass is 16.3. The average Bonchev–Trinajstić information content (AvgIpc) is 3.34. The molecular formula is C26H44O2. The molecule has 0 heterocycles. The maximum absolute atomic E-state index is 10.2. The monoisotopic (exact) mass is 388 g/mol. The van der Waals surface area contributed by atoms with E-state index in [1.165, 1.54) is 51.4 Å². The summed E-state index contributed by atoms with van der Waals surface area (Å²) in [5, 5.41) is 20.2. The van der Waals surface area contributed by atoms with Crippen LogP contribution in [0, 0.1) is 35.0 Å². The molecule has 0 bridgehead atoms. The third-order valence-electron chi connectivity index (χ3n) is 9.64. The topological polar surface area (TPSA) is 40.5 Å². The van der Waals surface area contributed by atoms with Gasteiger partial charge in [-0.25, -0.2) is 0 Å². The molecule has 0 saturated heterocycles. The van der Waals surface area contributed by atoms with Crippen molar-refractivity contribution in [1.29, 1.82) is 0 Å². The number of hydrogen-bond acceptors (Lipinski definition) is 2. The summed E-state index contributed by atoms with van der Waals surface area (Å²) >= 11 is 0. The number of aliphatic hydroxyl groups excluding tert-OH is 1. The zero-order chi connectivity index (χ0) is 19.9. The lowest BCUT2D eigenvalue weighted by atomic mass is 9.51. The van der Waals surface area contributed by atoms with Crippen molar-refractivity contribution in [1.82, 2.24) is 0 Å². The quantitative estimate of drug-likeness (QED) is 0.558. The molecular weight excluding hydrogens is 344 g/mol. The summed E-state index contributed by atoms with van der Waals surface area (Å²) in [6.45, 7) is 6.63. The molecule has 0 amide bonds. The number of fused-ring (bicyclic) bond motifs is 5. The first-order chi connectivity index (χ1) is 13.5. The lowest BCUT2D eigenvalue weighted by molar-refractivity contribution is -0.0206. The highest BCUT2D eigenvalue weighted by Crippen LogP contribution is 2.64. The Hall–Kier alpha value is -0.340. The first kappa shape index (κ1) is 20.9. The smallest absolute Gasteiger partial charge is 0.0650 e. The van der Waals surface area contributed by atoms with Gasteiger partial charge in [-0.15, -0.1) is 0 Å². The maximum Gasteiger partial charge on any atom is 0.0650 e. The molecule has 7 atom stereocenters. The number of rotatable bonds is 4. The highest BCUT2D eigenvalue weighted by Gasteiger charge is 2.55. The Morgan fingerprint density at radius 1 is 1.00 bits per heavy atom. The van der Waals surface area contributed by atoms with Crippen LogP contribution in [0.2, 0.25) is 0 Å². The molecule has 7 unspecified atom stereocenters. The van der Waals surface area contributed by atoms with E-state index in [4.69, 9.17) is 0 Å². The summed E-state index contributed by atoms with van der Waals surface area (Å²) in [5.74, 6) is 4.45. The van der Waals surface area contributed by atoms with E-state index in [0.29, 0.717) is 5.41 Å². The minimum Gasteiger partial charge on any atom is -0.393 e. The molecule has 0 aromatic rings. The predicted octanol–water partition coefficient (Wildman–Crippen LogP) is 6.26. The van der Waals surface area contributed by atoms with E-state index in [1.807, 2.05) is 13.8 Å². The standard InChI is InChI=1S/C24H38O2.C2H6/c1-23-12-10-20-19-8-6-18(25)15-16(19)4-7-21(20)22(23)9-5-17(23)3-2-11-24(26)13-14-24;1-2/h4,17-22,25-26H,2-3,5-15H2,1H3;1-2H3. The summed E-state index contributed by atoms with van der Waals surface area (Å²) in [5.41, 5.74) is 1.92. The summed E-state index contributed by atoms with van der Waals surface area (Å²) in [7, 11) is 0. The molecule has 4 fully saturated rings. The van der Waals surface area contributed by atoms with Gasteiger partial charge in [0.25, 0.3) is 0 Å². The molecule has 5 rings (SSSR count). The Bertz CT molecular complexity index is 577. The minimum atomic E-state index is -0.257. The van der Waals surface area contributed by atoms with Crippen LogP contribution in [0.4, 0.5) is 0 Å². The second-order valence-electron chi connectivity index (χ2n) is 10.9. The lowest BCUT2D eigenvalue weighted by Gasteiger charge is -2.54. The van der Waals surface area contributed by atoms with E-state index in [2.05, 4.69) is 13.0 Å². The minimum absolute atomic E-state index is 0.0694. The predicted molar refractivity (Wildman–Crippen MR) is 116 cm³/mol. The van der Waals surface area contributed by atoms with Crippen LogP contribution < -0.4 is 0 Å².